The van der Waals surface area contributed by atoms with Gasteiger partial charge in [-0.25, -0.2) is 4.79 Å². The van der Waals surface area contributed by atoms with E-state index in [1.807, 2.05) is 54.3 Å². The van der Waals surface area contributed by atoms with Crippen molar-refractivity contribution >= 4 is 17.6 Å². The molecule has 1 unspecified atom stereocenters. The first-order valence-corrected chi connectivity index (χ1v) is 9.91. The lowest BCUT2D eigenvalue weighted by molar-refractivity contribution is 0.0631. The number of urea groups is 1. The van der Waals surface area contributed by atoms with Gasteiger partial charge in [-0.1, -0.05) is 24.3 Å². The van der Waals surface area contributed by atoms with E-state index in [0.717, 1.165) is 29.1 Å². The summed E-state index contributed by atoms with van der Waals surface area (Å²) < 4.78 is 5.54. The Kier molecular flexibility index (Phi) is 5.40. The minimum absolute atomic E-state index is 0.0265. The van der Waals surface area contributed by atoms with Gasteiger partial charge in [0, 0.05) is 49.5 Å². The van der Waals surface area contributed by atoms with Crippen molar-refractivity contribution in [3.8, 4) is 5.75 Å². The molecule has 3 amide bonds. The molecule has 0 saturated carbocycles. The second kappa shape index (κ2) is 8.13. The minimum atomic E-state index is -0.120. The zero-order chi connectivity index (χ0) is 20.4. The van der Waals surface area contributed by atoms with Gasteiger partial charge >= 0.3 is 6.03 Å². The molecule has 0 aromatic heterocycles. The van der Waals surface area contributed by atoms with Gasteiger partial charge in [-0.05, 0) is 30.7 Å². The van der Waals surface area contributed by atoms with Crippen molar-refractivity contribution in [2.45, 2.75) is 13.0 Å². The van der Waals surface area contributed by atoms with Crippen molar-refractivity contribution in [1.82, 2.24) is 15.5 Å². The molecule has 1 atom stereocenters. The zero-order valence-electron chi connectivity index (χ0n) is 16.8. The second-order valence-electron chi connectivity index (χ2n) is 7.29. The fraction of sp³-hybridized carbons (Fsp3) is 0.364. The monoisotopic (exact) mass is 394 g/mol. The molecule has 2 saturated heterocycles. The zero-order valence-corrected chi connectivity index (χ0v) is 16.8. The highest BCUT2D eigenvalue weighted by atomic mass is 16.5. The van der Waals surface area contributed by atoms with Gasteiger partial charge in [0.1, 0.15) is 5.75 Å². The first kappa shape index (κ1) is 19.3. The van der Waals surface area contributed by atoms with E-state index in [9.17, 15) is 9.59 Å². The number of anilines is 1. The summed E-state index contributed by atoms with van der Waals surface area (Å²) >= 11 is 0. The molecule has 2 aromatic carbocycles. The summed E-state index contributed by atoms with van der Waals surface area (Å²) in [6, 6.07) is 13.2. The van der Waals surface area contributed by atoms with E-state index in [-0.39, 0.29) is 18.0 Å². The summed E-state index contributed by atoms with van der Waals surface area (Å²) in [5, 5.41) is 6.20. The van der Waals surface area contributed by atoms with Crippen LogP contribution in [0.3, 0.4) is 0 Å². The summed E-state index contributed by atoms with van der Waals surface area (Å²) in [5.41, 5.74) is 3.23. The van der Waals surface area contributed by atoms with Crippen LogP contribution < -0.4 is 20.3 Å². The van der Waals surface area contributed by atoms with Crippen LogP contribution in [0.4, 0.5) is 10.5 Å². The summed E-state index contributed by atoms with van der Waals surface area (Å²) in [6.07, 6.45) is 0. The van der Waals surface area contributed by atoms with Crippen LogP contribution in [0.1, 0.15) is 27.5 Å². The van der Waals surface area contributed by atoms with Gasteiger partial charge in [-0.15, -0.1) is 0 Å². The molecule has 29 heavy (non-hydrogen) atoms. The number of amides is 3. The number of para-hydroxylation sites is 1. The Morgan fingerprint density at radius 2 is 1.93 bits per heavy atom. The maximum Gasteiger partial charge on any atom is 0.322 e. The lowest BCUT2D eigenvalue weighted by Gasteiger charge is -2.37. The molecule has 2 aromatic rings. The molecule has 0 radical (unpaired) electrons. The van der Waals surface area contributed by atoms with E-state index in [1.165, 1.54) is 0 Å². The van der Waals surface area contributed by atoms with Crippen molar-refractivity contribution in [2.75, 3.05) is 44.7 Å². The molecule has 2 aliphatic rings. The van der Waals surface area contributed by atoms with Crippen LogP contribution in [0, 0.1) is 6.92 Å². The second-order valence-corrected chi connectivity index (χ2v) is 7.29. The Balaban J connectivity index is 1.68. The Morgan fingerprint density at radius 1 is 1.10 bits per heavy atom. The van der Waals surface area contributed by atoms with Crippen LogP contribution in [0.2, 0.25) is 0 Å². The van der Waals surface area contributed by atoms with Gasteiger partial charge in [0.05, 0.1) is 13.2 Å². The molecule has 0 bridgehead atoms. The lowest BCUT2D eigenvalue weighted by Crippen LogP contribution is -2.49. The number of ether oxygens (including phenoxy) is 1. The number of nitrogens with zero attached hydrogens (tertiary/aromatic N) is 2. The molecule has 152 valence electrons. The molecule has 7 heteroatoms. The molecular formula is C22H26N4O3. The fourth-order valence-corrected chi connectivity index (χ4v) is 4.17. The Hall–Kier alpha value is -3.06. The van der Waals surface area contributed by atoms with E-state index >= 15 is 0 Å². The van der Waals surface area contributed by atoms with Crippen molar-refractivity contribution < 1.29 is 14.3 Å². The molecule has 0 aliphatic carbocycles. The van der Waals surface area contributed by atoms with Crippen LogP contribution in [0.25, 0.3) is 0 Å². The van der Waals surface area contributed by atoms with Crippen molar-refractivity contribution in [3.63, 3.8) is 0 Å². The first-order chi connectivity index (χ1) is 14.1. The normalized spacial score (nSPS) is 19.2. The third-order valence-electron chi connectivity index (χ3n) is 5.69. The minimum Gasteiger partial charge on any atom is -0.496 e. The molecule has 4 rings (SSSR count). The third-order valence-corrected chi connectivity index (χ3v) is 5.69. The highest BCUT2D eigenvalue weighted by molar-refractivity contribution is 6.00. The van der Waals surface area contributed by atoms with Gasteiger partial charge in [0.2, 0.25) is 0 Å². The average Bonchev–Trinajstić information content (AvgIpc) is 3.19. The Bertz CT molecular complexity index is 930. The predicted octanol–water partition coefficient (Wildman–Crippen LogP) is 2.32. The maximum atomic E-state index is 13.6. The van der Waals surface area contributed by atoms with Crippen molar-refractivity contribution in [1.29, 1.82) is 0 Å². The number of rotatable bonds is 4. The Morgan fingerprint density at radius 3 is 2.69 bits per heavy atom. The number of hydrogen-bond acceptors (Lipinski definition) is 4. The number of benzene rings is 2. The molecule has 7 nitrogen and oxygen atoms in total. The van der Waals surface area contributed by atoms with E-state index in [0.29, 0.717) is 31.7 Å². The van der Waals surface area contributed by atoms with Crippen molar-refractivity contribution in [3.05, 3.63) is 59.2 Å². The molecule has 2 heterocycles. The number of hydrogen-bond donors (Lipinski definition) is 2. The molecule has 2 N–H and O–H groups in total. The van der Waals surface area contributed by atoms with E-state index in [4.69, 9.17) is 4.74 Å². The number of carbonyl (C=O) groups is 2. The van der Waals surface area contributed by atoms with E-state index in [1.54, 1.807) is 12.0 Å². The SMILES string of the molecule is COc1ccccc1C1CNCCN1C(=O)c1cccc(N2CCNC2=O)c1C. The highest BCUT2D eigenvalue weighted by Gasteiger charge is 2.32. The summed E-state index contributed by atoms with van der Waals surface area (Å²) in [7, 11) is 1.65. The number of carbonyl (C=O) groups excluding carboxylic acids is 2. The number of piperazine rings is 1. The predicted molar refractivity (Wildman–Crippen MR) is 112 cm³/mol. The van der Waals surface area contributed by atoms with Crippen LogP contribution in [0.15, 0.2) is 42.5 Å². The van der Waals surface area contributed by atoms with Crippen LogP contribution in [0.5, 0.6) is 5.75 Å². The van der Waals surface area contributed by atoms with Crippen molar-refractivity contribution in [2.24, 2.45) is 0 Å². The summed E-state index contributed by atoms with van der Waals surface area (Å²) in [4.78, 5) is 29.3. The van der Waals surface area contributed by atoms with E-state index < -0.39 is 0 Å². The quantitative estimate of drug-likeness (QED) is 0.835. The smallest absolute Gasteiger partial charge is 0.322 e. The van der Waals surface area contributed by atoms with Gasteiger partial charge in [0.25, 0.3) is 5.91 Å². The fourth-order valence-electron chi connectivity index (χ4n) is 4.17. The van der Waals surface area contributed by atoms with Gasteiger partial charge in [-0.3, -0.25) is 9.69 Å². The number of nitrogens with one attached hydrogen (secondary N) is 2. The molecular weight excluding hydrogens is 368 g/mol. The number of methoxy groups -OCH3 is 1. The van der Waals surface area contributed by atoms with Crippen LogP contribution in [-0.4, -0.2) is 56.7 Å². The Labute approximate surface area is 170 Å². The van der Waals surface area contributed by atoms with Gasteiger partial charge in [-0.2, -0.15) is 0 Å². The van der Waals surface area contributed by atoms with Crippen LogP contribution in [-0.2, 0) is 0 Å². The summed E-state index contributed by atoms with van der Waals surface area (Å²) in [5.74, 6) is 0.750. The maximum absolute atomic E-state index is 13.6. The van der Waals surface area contributed by atoms with Crippen LogP contribution >= 0.6 is 0 Å². The first-order valence-electron chi connectivity index (χ1n) is 9.91. The average molecular weight is 394 g/mol. The third kappa shape index (κ3) is 3.53. The lowest BCUT2D eigenvalue weighted by atomic mass is 9.99. The largest absolute Gasteiger partial charge is 0.496 e. The standard InChI is InChI=1S/C22H26N4O3/c1-15-16(7-5-8-18(15)26-13-11-24-22(26)28)21(27)25-12-10-23-14-19(25)17-6-3-4-9-20(17)29-2/h3-9,19,23H,10-14H2,1-2H3,(H,24,28). The van der Waals surface area contributed by atoms with E-state index in [2.05, 4.69) is 10.6 Å². The molecule has 0 spiro atoms. The topological polar surface area (TPSA) is 73.9 Å². The van der Waals surface area contributed by atoms with Gasteiger partial charge in [0.15, 0.2) is 0 Å². The highest BCUT2D eigenvalue weighted by Crippen LogP contribution is 2.33. The summed E-state index contributed by atoms with van der Waals surface area (Å²) in [6.45, 7) is 5.15. The molecule has 2 fully saturated rings. The molecule has 2 aliphatic heterocycles. The van der Waals surface area contributed by atoms with Gasteiger partial charge < -0.3 is 20.3 Å².